The molecule has 2 unspecified atom stereocenters. The summed E-state index contributed by atoms with van der Waals surface area (Å²) >= 11 is 0. The van der Waals surface area contributed by atoms with Crippen LogP contribution in [0.3, 0.4) is 0 Å². The molecule has 6 heteroatoms. The van der Waals surface area contributed by atoms with E-state index in [-0.39, 0.29) is 17.1 Å². The highest BCUT2D eigenvalue weighted by atomic mass is 32.2. The Bertz CT molecular complexity index is 822. The molecule has 1 saturated heterocycles. The maximum atomic E-state index is 13.2. The van der Waals surface area contributed by atoms with Gasteiger partial charge in [-0.05, 0) is 62.5 Å². The van der Waals surface area contributed by atoms with E-state index in [4.69, 9.17) is 4.43 Å². The summed E-state index contributed by atoms with van der Waals surface area (Å²) in [5.41, 5.74) is 2.01. The van der Waals surface area contributed by atoms with E-state index in [0.717, 1.165) is 30.5 Å². The highest BCUT2D eigenvalue weighted by Crippen LogP contribution is 2.43. The molecule has 27 heavy (non-hydrogen) atoms. The van der Waals surface area contributed by atoms with Crippen LogP contribution in [0, 0.1) is 12.8 Å². The Balaban J connectivity index is 1.87. The predicted molar refractivity (Wildman–Crippen MR) is 113 cm³/mol. The van der Waals surface area contributed by atoms with E-state index in [9.17, 15) is 8.42 Å². The minimum absolute atomic E-state index is 0.0275. The molecule has 0 N–H and O–H groups in total. The number of rotatable bonds is 4. The lowest BCUT2D eigenvalue weighted by molar-refractivity contribution is 0.205. The summed E-state index contributed by atoms with van der Waals surface area (Å²) in [6, 6.07) is 7.15. The fourth-order valence-electron chi connectivity index (χ4n) is 3.69. The van der Waals surface area contributed by atoms with Crippen LogP contribution in [0.5, 0.6) is 0 Å². The summed E-state index contributed by atoms with van der Waals surface area (Å²) in [7, 11) is -5.39. The first kappa shape index (κ1) is 20.6. The van der Waals surface area contributed by atoms with E-state index < -0.39 is 18.3 Å². The molecule has 1 fully saturated rings. The van der Waals surface area contributed by atoms with Gasteiger partial charge in [-0.15, -0.1) is 0 Å². The Labute approximate surface area is 165 Å². The molecule has 3 rings (SSSR count). The molecule has 0 bridgehead atoms. The molecule has 2 atom stereocenters. The summed E-state index contributed by atoms with van der Waals surface area (Å²) in [6.45, 7) is 13.8. The van der Waals surface area contributed by atoms with Crippen LogP contribution < -0.4 is 0 Å². The Morgan fingerprint density at radius 1 is 1.15 bits per heavy atom. The molecule has 1 aliphatic heterocycles. The number of allylic oxidation sites excluding steroid dienone is 1. The Kier molecular flexibility index (Phi) is 5.38. The third-order valence-electron chi connectivity index (χ3n) is 6.35. The zero-order chi connectivity index (χ0) is 20.0. The van der Waals surface area contributed by atoms with Gasteiger partial charge < -0.3 is 4.43 Å². The molecule has 1 heterocycles. The Morgan fingerprint density at radius 2 is 1.78 bits per heavy atom. The summed E-state index contributed by atoms with van der Waals surface area (Å²) < 4.78 is 34.7. The minimum Gasteiger partial charge on any atom is -0.410 e. The standard InChI is InChI=1S/C21H33NO3SSi/c1-16-9-11-19(12-10-16)26(23,24)22-13-7-8-17-14-18(15-20(17)22)25-27(5,6)21(2,3)4/h9-12,15,17-18H,7-8,13-14H2,1-6H3. The number of hydrogen-bond acceptors (Lipinski definition) is 3. The predicted octanol–water partition coefficient (Wildman–Crippen LogP) is 5.07. The van der Waals surface area contributed by atoms with Crippen LogP contribution in [0.1, 0.15) is 45.6 Å². The van der Waals surface area contributed by atoms with Gasteiger partial charge in [0.1, 0.15) is 0 Å². The maximum Gasteiger partial charge on any atom is 0.264 e. The average Bonchev–Trinajstić information content (AvgIpc) is 2.95. The summed E-state index contributed by atoms with van der Waals surface area (Å²) in [5.74, 6) is 0.286. The van der Waals surface area contributed by atoms with Gasteiger partial charge in [0.2, 0.25) is 0 Å². The third kappa shape index (κ3) is 4.03. The SMILES string of the molecule is Cc1ccc(S(=O)(=O)N2CCCC3CC(O[Si](C)(C)C(C)(C)C)C=C32)cc1. The van der Waals surface area contributed by atoms with Gasteiger partial charge in [0.05, 0.1) is 11.0 Å². The number of aryl methyl sites for hydroxylation is 1. The quantitative estimate of drug-likeness (QED) is 0.654. The normalized spacial score (nSPS) is 23.9. The van der Waals surface area contributed by atoms with Crippen LogP contribution in [-0.2, 0) is 14.4 Å². The molecule has 1 aromatic carbocycles. The summed E-state index contributed by atoms with van der Waals surface area (Å²) in [5, 5.41) is 0.146. The molecule has 0 radical (unpaired) electrons. The molecule has 150 valence electrons. The molecular formula is C21H33NO3SSi. The first-order valence-electron chi connectivity index (χ1n) is 9.91. The molecule has 1 aromatic rings. The van der Waals surface area contributed by atoms with Crippen LogP contribution in [0.2, 0.25) is 18.1 Å². The molecule has 0 amide bonds. The van der Waals surface area contributed by atoms with Crippen molar-refractivity contribution in [3.63, 3.8) is 0 Å². The monoisotopic (exact) mass is 407 g/mol. The highest BCUT2D eigenvalue weighted by molar-refractivity contribution is 7.89. The van der Waals surface area contributed by atoms with Crippen LogP contribution in [0.25, 0.3) is 0 Å². The van der Waals surface area contributed by atoms with Gasteiger partial charge in [0, 0.05) is 18.2 Å². The van der Waals surface area contributed by atoms with E-state index in [2.05, 4.69) is 39.9 Å². The Hall–Kier alpha value is -1.11. The number of sulfonamides is 1. The number of piperidine rings is 1. The number of fused-ring (bicyclic) bond motifs is 1. The van der Waals surface area contributed by atoms with E-state index in [1.165, 1.54) is 0 Å². The number of nitrogens with zero attached hydrogens (tertiary/aromatic N) is 1. The van der Waals surface area contributed by atoms with Gasteiger partial charge in [-0.3, -0.25) is 4.31 Å². The van der Waals surface area contributed by atoms with Gasteiger partial charge in [-0.1, -0.05) is 38.5 Å². The third-order valence-corrected chi connectivity index (χ3v) is 12.7. The van der Waals surface area contributed by atoms with Crippen molar-refractivity contribution in [2.75, 3.05) is 6.54 Å². The van der Waals surface area contributed by atoms with E-state index in [0.29, 0.717) is 11.4 Å². The average molecular weight is 408 g/mol. The fourth-order valence-corrected chi connectivity index (χ4v) is 6.56. The molecule has 0 saturated carbocycles. The van der Waals surface area contributed by atoms with Gasteiger partial charge >= 0.3 is 0 Å². The van der Waals surface area contributed by atoms with Crippen molar-refractivity contribution in [3.8, 4) is 0 Å². The van der Waals surface area contributed by atoms with Crippen molar-refractivity contribution in [2.45, 2.75) is 76.1 Å². The zero-order valence-electron chi connectivity index (χ0n) is 17.5. The molecule has 0 aromatic heterocycles. The largest absolute Gasteiger partial charge is 0.410 e. The zero-order valence-corrected chi connectivity index (χ0v) is 19.3. The second-order valence-corrected chi connectivity index (χ2v) is 16.1. The lowest BCUT2D eigenvalue weighted by Gasteiger charge is -2.38. The molecule has 1 aliphatic carbocycles. The molecule has 0 spiro atoms. The van der Waals surface area contributed by atoms with Crippen LogP contribution in [0.4, 0.5) is 0 Å². The summed E-state index contributed by atoms with van der Waals surface area (Å²) in [6.07, 6.45) is 4.97. The topological polar surface area (TPSA) is 46.6 Å². The van der Waals surface area contributed by atoms with E-state index >= 15 is 0 Å². The van der Waals surface area contributed by atoms with Gasteiger partial charge in [-0.2, -0.15) is 0 Å². The lowest BCUT2D eigenvalue weighted by atomic mass is 9.96. The smallest absolute Gasteiger partial charge is 0.264 e. The number of benzene rings is 1. The fraction of sp³-hybridized carbons (Fsp3) is 0.619. The van der Waals surface area contributed by atoms with Gasteiger partial charge in [0.25, 0.3) is 10.0 Å². The van der Waals surface area contributed by atoms with Crippen molar-refractivity contribution < 1.29 is 12.8 Å². The second-order valence-electron chi connectivity index (χ2n) is 9.47. The molecular weight excluding hydrogens is 374 g/mol. The van der Waals surface area contributed by atoms with Crippen molar-refractivity contribution in [3.05, 3.63) is 41.6 Å². The van der Waals surface area contributed by atoms with Crippen LogP contribution in [-0.4, -0.2) is 33.7 Å². The van der Waals surface area contributed by atoms with Crippen LogP contribution >= 0.6 is 0 Å². The van der Waals surface area contributed by atoms with Gasteiger partial charge in [0.15, 0.2) is 8.32 Å². The highest BCUT2D eigenvalue weighted by Gasteiger charge is 2.43. The van der Waals surface area contributed by atoms with Crippen molar-refractivity contribution >= 4 is 18.3 Å². The van der Waals surface area contributed by atoms with Crippen molar-refractivity contribution in [2.24, 2.45) is 5.92 Å². The Morgan fingerprint density at radius 3 is 2.37 bits per heavy atom. The first-order chi connectivity index (χ1) is 12.4. The van der Waals surface area contributed by atoms with E-state index in [1.54, 1.807) is 16.4 Å². The molecule has 4 nitrogen and oxygen atoms in total. The second kappa shape index (κ2) is 7.05. The minimum atomic E-state index is -3.51. The number of hydrogen-bond donors (Lipinski definition) is 0. The lowest BCUT2D eigenvalue weighted by Crippen LogP contribution is -2.43. The maximum absolute atomic E-state index is 13.2. The van der Waals surface area contributed by atoms with Crippen molar-refractivity contribution in [1.82, 2.24) is 4.31 Å². The summed E-state index contributed by atoms with van der Waals surface area (Å²) in [4.78, 5) is 0.378. The first-order valence-corrected chi connectivity index (χ1v) is 14.3. The van der Waals surface area contributed by atoms with E-state index in [1.807, 2.05) is 19.1 Å². The molecule has 2 aliphatic rings. The van der Waals surface area contributed by atoms with Crippen molar-refractivity contribution in [1.29, 1.82) is 0 Å². The van der Waals surface area contributed by atoms with Gasteiger partial charge in [-0.25, -0.2) is 8.42 Å². The van der Waals surface area contributed by atoms with Crippen LogP contribution in [0.15, 0.2) is 40.9 Å².